The van der Waals surface area contributed by atoms with E-state index in [1.54, 1.807) is 0 Å². The minimum absolute atomic E-state index is 0.0517. The normalized spacial score (nSPS) is 18.1. The highest BCUT2D eigenvalue weighted by Gasteiger charge is 2.23. The van der Waals surface area contributed by atoms with Crippen molar-refractivity contribution < 1.29 is 4.79 Å². The molecule has 1 aliphatic rings. The number of benzene rings is 2. The van der Waals surface area contributed by atoms with Gasteiger partial charge in [-0.05, 0) is 73.2 Å². The molecule has 1 unspecified atom stereocenters. The molecule has 1 aliphatic heterocycles. The van der Waals surface area contributed by atoms with Gasteiger partial charge in [0.05, 0.1) is 0 Å². The topological polar surface area (TPSA) is 32.3 Å². The van der Waals surface area contributed by atoms with Crippen molar-refractivity contribution in [2.24, 2.45) is 0 Å². The number of nitrogens with one attached hydrogen (secondary N) is 1. The Kier molecular flexibility index (Phi) is 6.56. The maximum atomic E-state index is 12.6. The summed E-state index contributed by atoms with van der Waals surface area (Å²) < 4.78 is 0. The van der Waals surface area contributed by atoms with E-state index in [9.17, 15) is 4.79 Å². The maximum Gasteiger partial charge on any atom is 0.255 e. The average Bonchev–Trinajstić information content (AvgIpc) is 2.68. The van der Waals surface area contributed by atoms with Gasteiger partial charge in [-0.3, -0.25) is 9.69 Å². The van der Waals surface area contributed by atoms with Gasteiger partial charge in [0.15, 0.2) is 0 Å². The van der Waals surface area contributed by atoms with Crippen molar-refractivity contribution in [2.45, 2.75) is 64.8 Å². The molecule has 1 fully saturated rings. The summed E-state index contributed by atoms with van der Waals surface area (Å²) in [4.78, 5) is 15.2. The van der Waals surface area contributed by atoms with E-state index in [1.807, 2.05) is 24.3 Å². The van der Waals surface area contributed by atoms with Crippen molar-refractivity contribution in [3.8, 4) is 0 Å². The first-order valence-corrected chi connectivity index (χ1v) is 10.6. The van der Waals surface area contributed by atoms with Crippen LogP contribution in [0.15, 0.2) is 48.5 Å². The summed E-state index contributed by atoms with van der Waals surface area (Å²) in [5.74, 6) is -0.0517. The zero-order valence-electron chi connectivity index (χ0n) is 17.8. The highest BCUT2D eigenvalue weighted by atomic mass is 16.1. The highest BCUT2D eigenvalue weighted by Crippen LogP contribution is 2.31. The second kappa shape index (κ2) is 8.91. The Morgan fingerprint density at radius 2 is 1.71 bits per heavy atom. The number of nitrogens with zero attached hydrogens (tertiary/aromatic N) is 1. The Bertz CT molecular complexity index is 770. The summed E-state index contributed by atoms with van der Waals surface area (Å²) in [6.45, 7) is 11.2. The number of hydrogen-bond acceptors (Lipinski definition) is 2. The summed E-state index contributed by atoms with van der Waals surface area (Å²) in [6.07, 6.45) is 4.99. The van der Waals surface area contributed by atoms with E-state index in [2.05, 4.69) is 62.2 Å². The highest BCUT2D eigenvalue weighted by molar-refractivity contribution is 6.04. The van der Waals surface area contributed by atoms with Gasteiger partial charge in [-0.1, -0.05) is 58.4 Å². The zero-order chi connectivity index (χ0) is 20.1. The summed E-state index contributed by atoms with van der Waals surface area (Å²) >= 11 is 0. The molecule has 150 valence electrons. The van der Waals surface area contributed by atoms with Crippen LogP contribution >= 0.6 is 0 Å². The standard InChI is InChI=1S/C25H34N2O/c1-5-17-27-18-7-6-8-23(27)19-9-11-20(12-10-19)24(28)26-22-15-13-21(14-16-22)25(2,3)4/h9-16,23H,5-8,17-18H2,1-4H3,(H,26,28). The smallest absolute Gasteiger partial charge is 0.255 e. The van der Waals surface area contributed by atoms with E-state index >= 15 is 0 Å². The quantitative estimate of drug-likeness (QED) is 0.674. The molecule has 0 spiro atoms. The fourth-order valence-corrected chi connectivity index (χ4v) is 4.04. The van der Waals surface area contributed by atoms with Gasteiger partial charge in [0.25, 0.3) is 5.91 Å². The first-order chi connectivity index (χ1) is 13.4. The van der Waals surface area contributed by atoms with Crippen molar-refractivity contribution in [3.63, 3.8) is 0 Å². The predicted molar refractivity (Wildman–Crippen MR) is 118 cm³/mol. The molecule has 2 aromatic carbocycles. The molecule has 0 bridgehead atoms. The Balaban J connectivity index is 1.66. The molecular formula is C25H34N2O. The fourth-order valence-electron chi connectivity index (χ4n) is 4.04. The molecule has 3 nitrogen and oxygen atoms in total. The van der Waals surface area contributed by atoms with Crippen LogP contribution in [0.3, 0.4) is 0 Å². The van der Waals surface area contributed by atoms with Crippen LogP contribution in [0.4, 0.5) is 5.69 Å². The number of carbonyl (C=O) groups excluding carboxylic acids is 1. The van der Waals surface area contributed by atoms with Crippen molar-refractivity contribution in [1.82, 2.24) is 4.90 Å². The second-order valence-corrected chi connectivity index (χ2v) is 8.95. The van der Waals surface area contributed by atoms with Crippen molar-refractivity contribution >= 4 is 11.6 Å². The van der Waals surface area contributed by atoms with Gasteiger partial charge in [-0.15, -0.1) is 0 Å². The molecule has 0 saturated carbocycles. The second-order valence-electron chi connectivity index (χ2n) is 8.95. The number of piperidine rings is 1. The fraction of sp³-hybridized carbons (Fsp3) is 0.480. The average molecular weight is 379 g/mol. The van der Waals surface area contributed by atoms with Crippen molar-refractivity contribution in [3.05, 3.63) is 65.2 Å². The van der Waals surface area contributed by atoms with Crippen LogP contribution in [0.25, 0.3) is 0 Å². The molecule has 1 saturated heterocycles. The Labute approximate surface area is 170 Å². The number of rotatable bonds is 5. The maximum absolute atomic E-state index is 12.6. The molecular weight excluding hydrogens is 344 g/mol. The summed E-state index contributed by atoms with van der Waals surface area (Å²) in [6, 6.07) is 16.8. The Hall–Kier alpha value is -2.13. The van der Waals surface area contributed by atoms with E-state index in [0.717, 1.165) is 12.2 Å². The monoisotopic (exact) mass is 378 g/mol. The summed E-state index contributed by atoms with van der Waals surface area (Å²) in [5, 5.41) is 3.02. The molecule has 28 heavy (non-hydrogen) atoms. The molecule has 1 atom stereocenters. The third kappa shape index (κ3) is 5.02. The number of carbonyl (C=O) groups is 1. The summed E-state index contributed by atoms with van der Waals surface area (Å²) in [5.41, 5.74) is 4.26. The van der Waals surface area contributed by atoms with E-state index < -0.39 is 0 Å². The minimum atomic E-state index is -0.0517. The minimum Gasteiger partial charge on any atom is -0.322 e. The van der Waals surface area contributed by atoms with Crippen LogP contribution in [0.2, 0.25) is 0 Å². The summed E-state index contributed by atoms with van der Waals surface area (Å²) in [7, 11) is 0. The van der Waals surface area contributed by atoms with Crippen LogP contribution in [0, 0.1) is 0 Å². The Morgan fingerprint density at radius 3 is 2.32 bits per heavy atom. The van der Waals surface area contributed by atoms with Crippen LogP contribution in [-0.2, 0) is 5.41 Å². The van der Waals surface area contributed by atoms with Crippen LogP contribution in [0.1, 0.15) is 80.9 Å². The third-order valence-electron chi connectivity index (χ3n) is 5.69. The molecule has 1 heterocycles. The molecule has 3 heteroatoms. The van der Waals surface area contributed by atoms with E-state index in [1.165, 1.54) is 43.4 Å². The van der Waals surface area contributed by atoms with Gasteiger partial charge in [-0.2, -0.15) is 0 Å². The van der Waals surface area contributed by atoms with Crippen LogP contribution in [0.5, 0.6) is 0 Å². The SMILES string of the molecule is CCCN1CCCCC1c1ccc(C(=O)Nc2ccc(C(C)(C)C)cc2)cc1. The van der Waals surface area contributed by atoms with E-state index in [0.29, 0.717) is 11.6 Å². The molecule has 0 aliphatic carbocycles. The van der Waals surface area contributed by atoms with Gasteiger partial charge >= 0.3 is 0 Å². The van der Waals surface area contributed by atoms with Crippen LogP contribution in [-0.4, -0.2) is 23.9 Å². The predicted octanol–water partition coefficient (Wildman–Crippen LogP) is 6.17. The van der Waals surface area contributed by atoms with Gasteiger partial charge < -0.3 is 5.32 Å². The molecule has 3 rings (SSSR count). The molecule has 0 aromatic heterocycles. The Morgan fingerprint density at radius 1 is 1.04 bits per heavy atom. The number of likely N-dealkylation sites (tertiary alicyclic amines) is 1. The molecule has 1 N–H and O–H groups in total. The van der Waals surface area contributed by atoms with Crippen molar-refractivity contribution in [2.75, 3.05) is 18.4 Å². The number of amides is 1. The van der Waals surface area contributed by atoms with Gasteiger partial charge in [0.2, 0.25) is 0 Å². The number of anilines is 1. The largest absolute Gasteiger partial charge is 0.322 e. The lowest BCUT2D eigenvalue weighted by molar-refractivity contribution is 0.102. The third-order valence-corrected chi connectivity index (χ3v) is 5.69. The van der Waals surface area contributed by atoms with Crippen molar-refractivity contribution in [1.29, 1.82) is 0 Å². The zero-order valence-corrected chi connectivity index (χ0v) is 17.8. The van der Waals surface area contributed by atoms with Gasteiger partial charge in [-0.25, -0.2) is 0 Å². The lowest BCUT2D eigenvalue weighted by Crippen LogP contribution is -2.33. The molecule has 1 amide bonds. The lowest BCUT2D eigenvalue weighted by Gasteiger charge is -2.36. The number of hydrogen-bond donors (Lipinski definition) is 1. The molecule has 2 aromatic rings. The molecule has 0 radical (unpaired) electrons. The van der Waals surface area contributed by atoms with E-state index in [-0.39, 0.29) is 11.3 Å². The lowest BCUT2D eigenvalue weighted by atomic mass is 9.87. The van der Waals surface area contributed by atoms with Gasteiger partial charge in [0, 0.05) is 17.3 Å². The first-order valence-electron chi connectivity index (χ1n) is 10.6. The first kappa shape index (κ1) is 20.6. The van der Waals surface area contributed by atoms with Gasteiger partial charge in [0.1, 0.15) is 0 Å². The van der Waals surface area contributed by atoms with E-state index in [4.69, 9.17) is 0 Å². The van der Waals surface area contributed by atoms with Crippen LogP contribution < -0.4 is 5.32 Å².